The van der Waals surface area contributed by atoms with Crippen molar-refractivity contribution in [3.8, 4) is 0 Å². The first-order chi connectivity index (χ1) is 4.74. The first-order valence-electron chi connectivity index (χ1n) is 3.33. The maximum Gasteiger partial charge on any atom is 0.364 e. The molecule has 0 radical (unpaired) electrons. The summed E-state index contributed by atoms with van der Waals surface area (Å²) >= 11 is 0. The maximum atomic E-state index is 10.8. The summed E-state index contributed by atoms with van der Waals surface area (Å²) in [6.45, 7) is 0.611. The molecule has 4 heteroatoms. The van der Waals surface area contributed by atoms with Gasteiger partial charge in [-0.15, -0.1) is 0 Å². The number of hydrogen-bond acceptors (Lipinski definition) is 3. The zero-order valence-electron chi connectivity index (χ0n) is 5.91. The van der Waals surface area contributed by atoms with E-state index >= 15 is 0 Å². The number of carbonyl (C=O) groups excluding carboxylic acids is 1. The highest BCUT2D eigenvalue weighted by atomic mass is 16.5. The highest BCUT2D eigenvalue weighted by Gasteiger charge is 2.32. The van der Waals surface area contributed by atoms with Gasteiger partial charge in [-0.05, 0) is 0 Å². The predicted molar refractivity (Wildman–Crippen MR) is 33.2 cm³/mol. The van der Waals surface area contributed by atoms with E-state index in [1.807, 2.05) is 0 Å². The third-order valence-electron chi connectivity index (χ3n) is 1.72. The van der Waals surface area contributed by atoms with Gasteiger partial charge in [-0.1, -0.05) is 0 Å². The number of esters is 1. The van der Waals surface area contributed by atoms with E-state index in [0.717, 1.165) is 0 Å². The Morgan fingerprint density at radius 3 is 2.90 bits per heavy atom. The fraction of sp³-hybridized carbons (Fsp3) is 0.833. The Morgan fingerprint density at radius 1 is 1.80 bits per heavy atom. The Bertz CT molecular complexity index is 137. The van der Waals surface area contributed by atoms with E-state index in [1.54, 1.807) is 5.32 Å². The smallest absolute Gasteiger partial charge is 0.364 e. The number of nitrogens with two attached hydrogens (primary N) is 1. The van der Waals surface area contributed by atoms with Gasteiger partial charge in [0, 0.05) is 6.42 Å². The van der Waals surface area contributed by atoms with Crippen molar-refractivity contribution in [3.63, 3.8) is 0 Å². The van der Waals surface area contributed by atoms with Crippen molar-refractivity contribution in [2.45, 2.75) is 18.6 Å². The highest BCUT2D eigenvalue weighted by Crippen LogP contribution is 1.99. The molecule has 0 unspecified atom stereocenters. The molecule has 2 atom stereocenters. The van der Waals surface area contributed by atoms with Crippen LogP contribution in [0.25, 0.3) is 0 Å². The predicted octanol–water partition coefficient (Wildman–Crippen LogP) is -2.14. The fourth-order valence-electron chi connectivity index (χ4n) is 1.15. The van der Waals surface area contributed by atoms with Crippen LogP contribution in [0.15, 0.2) is 0 Å². The first-order valence-corrected chi connectivity index (χ1v) is 3.33. The zero-order chi connectivity index (χ0) is 7.56. The number of methoxy groups -OCH3 is 1. The SMILES string of the molecule is COC(=O)[C@@H]1C[C@@H](O)C[NH2+]1. The maximum absolute atomic E-state index is 10.8. The molecule has 1 rings (SSSR count). The number of ether oxygens (including phenoxy) is 1. The molecule has 58 valence electrons. The van der Waals surface area contributed by atoms with Crippen molar-refractivity contribution in [1.29, 1.82) is 0 Å². The van der Waals surface area contributed by atoms with Crippen LogP contribution in [0.4, 0.5) is 0 Å². The van der Waals surface area contributed by atoms with Crippen LogP contribution in [0.5, 0.6) is 0 Å². The number of rotatable bonds is 1. The Balaban J connectivity index is 2.37. The summed E-state index contributed by atoms with van der Waals surface area (Å²) in [5.41, 5.74) is 0. The van der Waals surface area contributed by atoms with Gasteiger partial charge < -0.3 is 15.2 Å². The molecule has 0 aliphatic carbocycles. The summed E-state index contributed by atoms with van der Waals surface area (Å²) in [6, 6.07) is -0.181. The van der Waals surface area contributed by atoms with Crippen molar-refractivity contribution in [2.75, 3.05) is 13.7 Å². The van der Waals surface area contributed by atoms with Crippen LogP contribution in [-0.2, 0) is 9.53 Å². The molecule has 0 aromatic carbocycles. The number of quaternary nitrogens is 1. The lowest BCUT2D eigenvalue weighted by Crippen LogP contribution is -2.89. The van der Waals surface area contributed by atoms with Gasteiger partial charge in [0.25, 0.3) is 0 Å². The van der Waals surface area contributed by atoms with Gasteiger partial charge in [0.15, 0.2) is 6.04 Å². The van der Waals surface area contributed by atoms with Crippen LogP contribution in [0.3, 0.4) is 0 Å². The summed E-state index contributed by atoms with van der Waals surface area (Å²) < 4.78 is 4.50. The normalized spacial score (nSPS) is 32.2. The molecule has 4 nitrogen and oxygen atoms in total. The van der Waals surface area contributed by atoms with Crippen LogP contribution in [-0.4, -0.2) is 36.9 Å². The molecule has 1 fully saturated rings. The largest absolute Gasteiger partial charge is 0.465 e. The van der Waals surface area contributed by atoms with E-state index in [1.165, 1.54) is 7.11 Å². The average molecular weight is 146 g/mol. The quantitative estimate of drug-likeness (QED) is 0.415. The van der Waals surface area contributed by atoms with Gasteiger partial charge >= 0.3 is 5.97 Å². The van der Waals surface area contributed by atoms with Crippen LogP contribution in [0.1, 0.15) is 6.42 Å². The van der Waals surface area contributed by atoms with Crippen LogP contribution in [0.2, 0.25) is 0 Å². The molecule has 1 heterocycles. The van der Waals surface area contributed by atoms with Gasteiger partial charge in [-0.2, -0.15) is 0 Å². The van der Waals surface area contributed by atoms with Crippen molar-refractivity contribution in [1.82, 2.24) is 0 Å². The molecule has 1 saturated heterocycles. The number of aliphatic hydroxyl groups is 1. The molecule has 1 aliphatic rings. The lowest BCUT2D eigenvalue weighted by Gasteiger charge is -2.01. The van der Waals surface area contributed by atoms with Crippen molar-refractivity contribution < 1.29 is 20.0 Å². The summed E-state index contributed by atoms with van der Waals surface area (Å²) in [4.78, 5) is 10.8. The third-order valence-corrected chi connectivity index (χ3v) is 1.72. The summed E-state index contributed by atoms with van der Waals surface area (Å²) in [5.74, 6) is -0.239. The summed E-state index contributed by atoms with van der Waals surface area (Å²) in [5, 5.41) is 10.8. The van der Waals surface area contributed by atoms with Crippen molar-refractivity contribution in [3.05, 3.63) is 0 Å². The minimum absolute atomic E-state index is 0.181. The number of carbonyl (C=O) groups is 1. The number of aliphatic hydroxyl groups excluding tert-OH is 1. The Labute approximate surface area is 59.2 Å². The van der Waals surface area contributed by atoms with Crippen LogP contribution >= 0.6 is 0 Å². The molecular formula is C6H12NO3+. The monoisotopic (exact) mass is 146 g/mol. The van der Waals surface area contributed by atoms with Crippen LogP contribution in [0, 0.1) is 0 Å². The van der Waals surface area contributed by atoms with Crippen LogP contribution < -0.4 is 5.32 Å². The fourth-order valence-corrected chi connectivity index (χ4v) is 1.15. The highest BCUT2D eigenvalue weighted by molar-refractivity contribution is 5.74. The van der Waals surface area contributed by atoms with Gasteiger partial charge in [-0.3, -0.25) is 0 Å². The molecule has 0 amide bonds. The second-order valence-electron chi connectivity index (χ2n) is 2.49. The molecule has 1 aliphatic heterocycles. The number of hydrogen-bond donors (Lipinski definition) is 2. The molecule has 0 bridgehead atoms. The lowest BCUT2D eigenvalue weighted by molar-refractivity contribution is -0.661. The molecular weight excluding hydrogens is 134 g/mol. The van der Waals surface area contributed by atoms with Gasteiger partial charge in [0.1, 0.15) is 12.6 Å². The topological polar surface area (TPSA) is 63.1 Å². The molecule has 0 spiro atoms. The standard InChI is InChI=1S/C6H11NO3/c1-10-6(9)5-2-4(8)3-7-5/h4-5,7-8H,2-3H2,1H3/p+1/t4-,5+/m1/s1. The molecule has 0 saturated carbocycles. The second kappa shape index (κ2) is 2.98. The minimum atomic E-state index is -0.343. The van der Waals surface area contributed by atoms with Crippen molar-refractivity contribution in [2.24, 2.45) is 0 Å². The van der Waals surface area contributed by atoms with Gasteiger partial charge in [-0.25, -0.2) is 4.79 Å². The third kappa shape index (κ3) is 1.46. The molecule has 0 aromatic heterocycles. The summed E-state index contributed by atoms with van der Waals surface area (Å²) in [6.07, 6.45) is 0.177. The minimum Gasteiger partial charge on any atom is -0.465 e. The van der Waals surface area contributed by atoms with E-state index in [9.17, 15) is 4.79 Å². The molecule has 0 aromatic rings. The molecule has 3 N–H and O–H groups in total. The first kappa shape index (κ1) is 7.50. The van der Waals surface area contributed by atoms with Gasteiger partial charge in [0.05, 0.1) is 7.11 Å². The van der Waals surface area contributed by atoms with E-state index in [0.29, 0.717) is 13.0 Å². The van der Waals surface area contributed by atoms with Crippen molar-refractivity contribution >= 4 is 5.97 Å². The van der Waals surface area contributed by atoms with E-state index in [-0.39, 0.29) is 18.1 Å². The Morgan fingerprint density at radius 2 is 2.50 bits per heavy atom. The Kier molecular flexibility index (Phi) is 2.24. The zero-order valence-corrected chi connectivity index (χ0v) is 5.91. The lowest BCUT2D eigenvalue weighted by atomic mass is 10.2. The van der Waals surface area contributed by atoms with Gasteiger partial charge in [0.2, 0.25) is 0 Å². The average Bonchev–Trinajstić information content (AvgIpc) is 2.34. The van der Waals surface area contributed by atoms with E-state index in [4.69, 9.17) is 5.11 Å². The van der Waals surface area contributed by atoms with E-state index < -0.39 is 0 Å². The second-order valence-corrected chi connectivity index (χ2v) is 2.49. The summed E-state index contributed by atoms with van der Waals surface area (Å²) in [7, 11) is 1.36. The molecule has 10 heavy (non-hydrogen) atoms. The van der Waals surface area contributed by atoms with E-state index in [2.05, 4.69) is 4.74 Å². The Hall–Kier alpha value is -0.610.